The van der Waals surface area contributed by atoms with Crippen LogP contribution in [-0.4, -0.2) is 31.2 Å². The summed E-state index contributed by atoms with van der Waals surface area (Å²) in [7, 11) is 3.75. The number of carboxylic acids is 1. The van der Waals surface area contributed by atoms with Gasteiger partial charge in [-0.1, -0.05) is 12.1 Å². The molecule has 2 aromatic rings. The second-order valence-electron chi connectivity index (χ2n) is 4.46. The van der Waals surface area contributed by atoms with Gasteiger partial charge in [-0.3, -0.25) is 5.32 Å². The Morgan fingerprint density at radius 3 is 2.52 bits per heavy atom. The number of rotatable bonds is 4. The molecule has 1 aromatic carbocycles. The Bertz CT molecular complexity index is 667. The Labute approximate surface area is 126 Å². The average molecular weight is 305 g/mol. The first-order chi connectivity index (χ1) is 9.99. The van der Waals surface area contributed by atoms with Gasteiger partial charge in [0.25, 0.3) is 0 Å². The lowest BCUT2D eigenvalue weighted by Crippen LogP contribution is -2.22. The Morgan fingerprint density at radius 1 is 1.14 bits per heavy atom. The number of para-hydroxylation sites is 2. The van der Waals surface area contributed by atoms with E-state index in [9.17, 15) is 9.59 Å². The number of carbonyl (C=O) groups is 2. The number of carboxylic acid groups (broad SMARTS) is 1. The lowest BCUT2D eigenvalue weighted by molar-refractivity contribution is 0.0698. The maximum absolute atomic E-state index is 12.0. The SMILES string of the molecule is CN(C)c1ccccc1NC(=O)Nc1sccc1C(=O)O. The molecule has 1 aromatic heterocycles. The van der Waals surface area contributed by atoms with E-state index >= 15 is 0 Å². The molecule has 0 spiro atoms. The lowest BCUT2D eigenvalue weighted by Gasteiger charge is -2.17. The van der Waals surface area contributed by atoms with Crippen LogP contribution in [0.2, 0.25) is 0 Å². The zero-order valence-electron chi connectivity index (χ0n) is 11.6. The van der Waals surface area contributed by atoms with Crippen LogP contribution in [0.25, 0.3) is 0 Å². The molecule has 0 aliphatic carbocycles. The quantitative estimate of drug-likeness (QED) is 0.810. The minimum absolute atomic E-state index is 0.0797. The van der Waals surface area contributed by atoms with Crippen LogP contribution >= 0.6 is 11.3 Å². The van der Waals surface area contributed by atoms with Crippen molar-refractivity contribution in [1.29, 1.82) is 0 Å². The van der Waals surface area contributed by atoms with Crippen LogP contribution in [0.4, 0.5) is 21.2 Å². The van der Waals surface area contributed by atoms with Gasteiger partial charge in [0.15, 0.2) is 0 Å². The van der Waals surface area contributed by atoms with Crippen molar-refractivity contribution in [2.45, 2.75) is 0 Å². The van der Waals surface area contributed by atoms with E-state index in [-0.39, 0.29) is 5.56 Å². The van der Waals surface area contributed by atoms with Gasteiger partial charge >= 0.3 is 12.0 Å². The van der Waals surface area contributed by atoms with E-state index in [1.807, 2.05) is 37.2 Å². The molecule has 2 rings (SSSR count). The molecular weight excluding hydrogens is 290 g/mol. The highest BCUT2D eigenvalue weighted by atomic mass is 32.1. The molecule has 0 saturated carbocycles. The molecule has 3 N–H and O–H groups in total. The van der Waals surface area contributed by atoms with Crippen LogP contribution in [0.1, 0.15) is 10.4 Å². The van der Waals surface area contributed by atoms with Crippen LogP contribution in [0.15, 0.2) is 35.7 Å². The number of amides is 2. The first-order valence-corrected chi connectivity index (χ1v) is 7.02. The van der Waals surface area contributed by atoms with Crippen molar-refractivity contribution < 1.29 is 14.7 Å². The molecule has 0 saturated heterocycles. The Hall–Kier alpha value is -2.54. The fourth-order valence-electron chi connectivity index (χ4n) is 1.80. The number of aromatic carboxylic acids is 1. The van der Waals surface area contributed by atoms with Gasteiger partial charge in [-0.2, -0.15) is 0 Å². The number of anilines is 3. The summed E-state index contributed by atoms with van der Waals surface area (Å²) in [5, 5.41) is 16.2. The predicted octanol–water partition coefficient (Wildman–Crippen LogP) is 3.16. The van der Waals surface area contributed by atoms with E-state index < -0.39 is 12.0 Å². The minimum Gasteiger partial charge on any atom is -0.478 e. The minimum atomic E-state index is -1.07. The van der Waals surface area contributed by atoms with E-state index in [1.54, 1.807) is 11.4 Å². The van der Waals surface area contributed by atoms with Crippen LogP contribution in [0.3, 0.4) is 0 Å². The molecule has 0 aliphatic rings. The fraction of sp³-hybridized carbons (Fsp3) is 0.143. The largest absolute Gasteiger partial charge is 0.478 e. The highest BCUT2D eigenvalue weighted by Gasteiger charge is 2.14. The first kappa shape index (κ1) is 14.9. The zero-order valence-corrected chi connectivity index (χ0v) is 12.4. The van der Waals surface area contributed by atoms with Crippen molar-refractivity contribution in [3.63, 3.8) is 0 Å². The second-order valence-corrected chi connectivity index (χ2v) is 5.38. The normalized spacial score (nSPS) is 10.0. The van der Waals surface area contributed by atoms with Gasteiger partial charge in [0, 0.05) is 14.1 Å². The monoisotopic (exact) mass is 305 g/mol. The van der Waals surface area contributed by atoms with E-state index in [0.717, 1.165) is 17.0 Å². The number of urea groups is 1. The number of nitrogens with zero attached hydrogens (tertiary/aromatic N) is 1. The molecule has 1 heterocycles. The number of hydrogen-bond donors (Lipinski definition) is 3. The van der Waals surface area contributed by atoms with Crippen LogP contribution in [-0.2, 0) is 0 Å². The smallest absolute Gasteiger partial charge is 0.338 e. The van der Waals surface area contributed by atoms with Gasteiger partial charge < -0.3 is 15.3 Å². The Morgan fingerprint density at radius 2 is 1.86 bits per heavy atom. The zero-order chi connectivity index (χ0) is 15.4. The number of carbonyl (C=O) groups excluding carboxylic acids is 1. The van der Waals surface area contributed by atoms with Crippen molar-refractivity contribution in [3.05, 3.63) is 41.3 Å². The van der Waals surface area contributed by atoms with Crippen molar-refractivity contribution in [1.82, 2.24) is 0 Å². The summed E-state index contributed by atoms with van der Waals surface area (Å²) in [6.45, 7) is 0. The number of nitrogens with one attached hydrogen (secondary N) is 2. The van der Waals surface area contributed by atoms with Crippen LogP contribution in [0.5, 0.6) is 0 Å². The summed E-state index contributed by atoms with van der Waals surface area (Å²) < 4.78 is 0. The molecule has 21 heavy (non-hydrogen) atoms. The third-order valence-electron chi connectivity index (χ3n) is 2.76. The molecule has 0 unspecified atom stereocenters. The Kier molecular flexibility index (Phi) is 4.44. The van der Waals surface area contributed by atoms with E-state index in [4.69, 9.17) is 5.11 Å². The number of thiophene rings is 1. The molecule has 0 atom stereocenters. The van der Waals surface area contributed by atoms with Gasteiger partial charge in [-0.25, -0.2) is 9.59 Å². The standard InChI is InChI=1S/C14H15N3O3S/c1-17(2)11-6-4-3-5-10(11)15-14(20)16-12-9(13(18)19)7-8-21-12/h3-8H,1-2H3,(H,18,19)(H2,15,16,20). The summed E-state index contributed by atoms with van der Waals surface area (Å²) in [6, 6.07) is 8.33. The molecule has 110 valence electrons. The van der Waals surface area contributed by atoms with Gasteiger partial charge in [0.2, 0.25) is 0 Å². The van der Waals surface area contributed by atoms with Crippen LogP contribution < -0.4 is 15.5 Å². The summed E-state index contributed by atoms with van der Waals surface area (Å²) in [5.74, 6) is -1.07. The maximum atomic E-state index is 12.0. The highest BCUT2D eigenvalue weighted by Crippen LogP contribution is 2.26. The number of hydrogen-bond acceptors (Lipinski definition) is 4. The van der Waals surface area contributed by atoms with E-state index in [0.29, 0.717) is 10.7 Å². The third-order valence-corrected chi connectivity index (χ3v) is 3.59. The molecule has 2 amide bonds. The maximum Gasteiger partial charge on any atom is 0.338 e. The van der Waals surface area contributed by atoms with Crippen molar-refractivity contribution in [2.24, 2.45) is 0 Å². The van der Waals surface area contributed by atoms with Gasteiger partial charge in [0.05, 0.1) is 16.9 Å². The van der Waals surface area contributed by atoms with Crippen molar-refractivity contribution in [2.75, 3.05) is 29.6 Å². The van der Waals surface area contributed by atoms with Crippen molar-refractivity contribution in [3.8, 4) is 0 Å². The average Bonchev–Trinajstić information content (AvgIpc) is 2.87. The number of benzene rings is 1. The second kappa shape index (κ2) is 6.27. The topological polar surface area (TPSA) is 81.7 Å². The molecule has 0 fully saturated rings. The fourth-order valence-corrected chi connectivity index (χ4v) is 2.57. The molecule has 0 bridgehead atoms. The van der Waals surface area contributed by atoms with Crippen molar-refractivity contribution >= 4 is 39.7 Å². The highest BCUT2D eigenvalue weighted by molar-refractivity contribution is 7.14. The molecule has 0 radical (unpaired) electrons. The van der Waals surface area contributed by atoms with E-state index in [2.05, 4.69) is 10.6 Å². The lowest BCUT2D eigenvalue weighted by atomic mass is 10.2. The molecule has 0 aliphatic heterocycles. The van der Waals surface area contributed by atoms with Crippen LogP contribution in [0, 0.1) is 0 Å². The summed E-state index contributed by atoms with van der Waals surface area (Å²) >= 11 is 1.16. The molecule has 6 nitrogen and oxygen atoms in total. The van der Waals surface area contributed by atoms with Gasteiger partial charge in [-0.15, -0.1) is 11.3 Å². The molecule has 7 heteroatoms. The van der Waals surface area contributed by atoms with Gasteiger partial charge in [-0.05, 0) is 23.6 Å². The summed E-state index contributed by atoms with van der Waals surface area (Å²) in [4.78, 5) is 24.9. The van der Waals surface area contributed by atoms with Gasteiger partial charge in [0.1, 0.15) is 5.00 Å². The summed E-state index contributed by atoms with van der Waals surface area (Å²) in [6.07, 6.45) is 0. The summed E-state index contributed by atoms with van der Waals surface area (Å²) in [5.41, 5.74) is 1.58. The third kappa shape index (κ3) is 3.51. The predicted molar refractivity (Wildman–Crippen MR) is 84.7 cm³/mol. The molecular formula is C14H15N3O3S. The first-order valence-electron chi connectivity index (χ1n) is 6.14. The van der Waals surface area contributed by atoms with E-state index in [1.165, 1.54) is 6.07 Å². The Balaban J connectivity index is 2.12.